The predicted octanol–water partition coefficient (Wildman–Crippen LogP) is 3.77. The summed E-state index contributed by atoms with van der Waals surface area (Å²) >= 11 is 0. The van der Waals surface area contributed by atoms with E-state index >= 15 is 0 Å². The first-order valence-electron chi connectivity index (χ1n) is 11.1. The summed E-state index contributed by atoms with van der Waals surface area (Å²) in [6.45, 7) is 1.14. The number of carbonyl (C=O) groups is 1. The third-order valence-electron chi connectivity index (χ3n) is 6.07. The van der Waals surface area contributed by atoms with Gasteiger partial charge in [-0.2, -0.15) is 5.10 Å². The van der Waals surface area contributed by atoms with E-state index in [1.807, 2.05) is 0 Å². The molecule has 1 N–H and O–H groups in total. The van der Waals surface area contributed by atoms with E-state index in [0.29, 0.717) is 59.3 Å². The van der Waals surface area contributed by atoms with Gasteiger partial charge in [-0.1, -0.05) is 0 Å². The van der Waals surface area contributed by atoms with Crippen LogP contribution in [0.4, 0.5) is 0 Å². The third-order valence-corrected chi connectivity index (χ3v) is 6.07. The number of nitrogens with one attached hydrogen (secondary N) is 1. The van der Waals surface area contributed by atoms with Crippen LogP contribution in [0.1, 0.15) is 35.1 Å². The lowest BCUT2D eigenvalue weighted by Gasteiger charge is -2.30. The first-order valence-corrected chi connectivity index (χ1v) is 11.1. The first-order chi connectivity index (χ1) is 17.1. The maximum Gasteiger partial charge on any atom is 0.283 e. The molecule has 5 rings (SSSR count). The number of likely N-dealkylation sites (tertiary alicyclic amines) is 1. The zero-order valence-electron chi connectivity index (χ0n) is 19.6. The Morgan fingerprint density at radius 1 is 1.06 bits per heavy atom. The number of aromatic amines is 1. The molecule has 1 fully saturated rings. The van der Waals surface area contributed by atoms with Gasteiger partial charge in [0.25, 0.3) is 11.8 Å². The van der Waals surface area contributed by atoms with Gasteiger partial charge in [-0.3, -0.25) is 9.89 Å². The fourth-order valence-electron chi connectivity index (χ4n) is 4.21. The van der Waals surface area contributed by atoms with Crippen LogP contribution in [0.3, 0.4) is 0 Å². The van der Waals surface area contributed by atoms with Gasteiger partial charge in [0.1, 0.15) is 5.69 Å². The highest BCUT2D eigenvalue weighted by molar-refractivity contribution is 5.93. The molecular weight excluding hydrogens is 454 g/mol. The minimum atomic E-state index is -0.114. The second kappa shape index (κ2) is 9.53. The second-order valence-corrected chi connectivity index (χ2v) is 8.07. The number of aromatic nitrogens is 4. The summed E-state index contributed by atoms with van der Waals surface area (Å²) in [5.41, 5.74) is 1.74. The van der Waals surface area contributed by atoms with Crippen molar-refractivity contribution in [2.24, 2.45) is 0 Å². The van der Waals surface area contributed by atoms with Crippen LogP contribution in [-0.2, 0) is 0 Å². The van der Waals surface area contributed by atoms with E-state index in [4.69, 9.17) is 23.0 Å². The van der Waals surface area contributed by atoms with E-state index in [-0.39, 0.29) is 11.8 Å². The number of benzene rings is 1. The molecule has 1 saturated heterocycles. The minimum Gasteiger partial charge on any atom is -0.493 e. The molecule has 1 aliphatic rings. The first kappa shape index (κ1) is 22.5. The molecule has 1 aliphatic heterocycles. The van der Waals surface area contributed by atoms with Crippen LogP contribution >= 0.6 is 0 Å². The fraction of sp³-hybridized carbons (Fsp3) is 0.333. The largest absolute Gasteiger partial charge is 0.493 e. The molecule has 35 heavy (non-hydrogen) atoms. The lowest BCUT2D eigenvalue weighted by Crippen LogP contribution is -2.38. The molecule has 11 heteroatoms. The highest BCUT2D eigenvalue weighted by Gasteiger charge is 2.29. The number of amides is 1. The molecule has 0 radical (unpaired) electrons. The second-order valence-electron chi connectivity index (χ2n) is 8.07. The van der Waals surface area contributed by atoms with Crippen molar-refractivity contribution in [3.05, 3.63) is 48.2 Å². The van der Waals surface area contributed by atoms with E-state index in [2.05, 4.69) is 20.4 Å². The standard InChI is InChI=1S/C24H25N5O6/c1-31-19-11-15(12-20(32-2)21(19)33-3)16-13-17(26-25-16)24(30)29-8-6-14(7-9-29)22-27-28-23(35-22)18-5-4-10-34-18/h4-5,10-14H,6-9H2,1-3H3,(H,25,26). The minimum absolute atomic E-state index is 0.0896. The lowest BCUT2D eigenvalue weighted by atomic mass is 9.96. The summed E-state index contributed by atoms with van der Waals surface area (Å²) in [7, 11) is 4.65. The predicted molar refractivity (Wildman–Crippen MR) is 124 cm³/mol. The molecule has 0 saturated carbocycles. The van der Waals surface area contributed by atoms with Gasteiger partial charge in [-0.05, 0) is 43.2 Å². The molecule has 0 aliphatic carbocycles. The fourth-order valence-corrected chi connectivity index (χ4v) is 4.21. The van der Waals surface area contributed by atoms with Crippen molar-refractivity contribution in [1.29, 1.82) is 0 Å². The molecule has 11 nitrogen and oxygen atoms in total. The van der Waals surface area contributed by atoms with E-state index in [1.165, 1.54) is 0 Å². The number of H-pyrrole nitrogens is 1. The van der Waals surface area contributed by atoms with Crippen LogP contribution in [0, 0.1) is 0 Å². The molecule has 4 aromatic rings. The number of hydrogen-bond acceptors (Lipinski definition) is 9. The van der Waals surface area contributed by atoms with Gasteiger partial charge >= 0.3 is 0 Å². The zero-order valence-corrected chi connectivity index (χ0v) is 19.6. The normalized spacial score (nSPS) is 14.2. The number of piperidine rings is 1. The summed E-state index contributed by atoms with van der Waals surface area (Å²) in [5, 5.41) is 15.4. The average molecular weight is 479 g/mol. The van der Waals surface area contributed by atoms with Crippen LogP contribution < -0.4 is 14.2 Å². The van der Waals surface area contributed by atoms with E-state index < -0.39 is 0 Å². The summed E-state index contributed by atoms with van der Waals surface area (Å²) < 4.78 is 27.3. The van der Waals surface area contributed by atoms with Gasteiger partial charge in [0.15, 0.2) is 17.3 Å². The van der Waals surface area contributed by atoms with Crippen molar-refractivity contribution >= 4 is 5.91 Å². The van der Waals surface area contributed by atoms with Crippen molar-refractivity contribution in [2.75, 3.05) is 34.4 Å². The highest BCUT2D eigenvalue weighted by atomic mass is 16.5. The molecule has 3 aromatic heterocycles. The van der Waals surface area contributed by atoms with Crippen molar-refractivity contribution in [3.63, 3.8) is 0 Å². The van der Waals surface area contributed by atoms with Gasteiger partial charge in [-0.25, -0.2) is 0 Å². The van der Waals surface area contributed by atoms with Crippen LogP contribution in [0.25, 0.3) is 22.9 Å². The Hall–Kier alpha value is -4.28. The molecule has 0 unspecified atom stereocenters. The van der Waals surface area contributed by atoms with E-state index in [0.717, 1.165) is 18.4 Å². The molecule has 0 atom stereocenters. The quantitative estimate of drug-likeness (QED) is 0.421. The SMILES string of the molecule is COc1cc(-c2cc(C(=O)N3CCC(c4nnc(-c5ccco5)o4)CC3)[nH]n2)cc(OC)c1OC. The third kappa shape index (κ3) is 4.32. The van der Waals surface area contributed by atoms with Gasteiger partial charge in [0.2, 0.25) is 11.6 Å². The summed E-state index contributed by atoms with van der Waals surface area (Å²) in [5.74, 6) is 2.95. The Bertz CT molecular complexity index is 1280. The van der Waals surface area contributed by atoms with Crippen molar-refractivity contribution in [3.8, 4) is 40.2 Å². The van der Waals surface area contributed by atoms with Crippen LogP contribution in [-0.4, -0.2) is 65.6 Å². The Labute approximate surface area is 201 Å². The molecule has 4 heterocycles. The monoisotopic (exact) mass is 479 g/mol. The van der Waals surface area contributed by atoms with Crippen LogP contribution in [0.2, 0.25) is 0 Å². The Kier molecular flexibility index (Phi) is 6.13. The van der Waals surface area contributed by atoms with Gasteiger partial charge < -0.3 is 27.9 Å². The summed E-state index contributed by atoms with van der Waals surface area (Å²) in [6.07, 6.45) is 3.00. The number of ether oxygens (including phenoxy) is 3. The van der Waals surface area contributed by atoms with E-state index in [9.17, 15) is 4.79 Å². The molecule has 0 spiro atoms. The number of furan rings is 1. The maximum atomic E-state index is 13.1. The number of carbonyl (C=O) groups excluding carboxylic acids is 1. The van der Waals surface area contributed by atoms with Crippen LogP contribution in [0.15, 0.2) is 45.4 Å². The molecule has 0 bridgehead atoms. The van der Waals surface area contributed by atoms with Gasteiger partial charge in [0, 0.05) is 24.6 Å². The number of hydrogen-bond donors (Lipinski definition) is 1. The number of nitrogens with zero attached hydrogens (tertiary/aromatic N) is 4. The Morgan fingerprint density at radius 3 is 2.43 bits per heavy atom. The van der Waals surface area contributed by atoms with Gasteiger partial charge in [-0.15, -0.1) is 10.2 Å². The molecule has 182 valence electrons. The van der Waals surface area contributed by atoms with Crippen LogP contribution in [0.5, 0.6) is 17.2 Å². The van der Waals surface area contributed by atoms with E-state index in [1.54, 1.807) is 62.8 Å². The smallest absolute Gasteiger partial charge is 0.283 e. The zero-order chi connectivity index (χ0) is 24.4. The van der Waals surface area contributed by atoms with Crippen molar-refractivity contribution in [1.82, 2.24) is 25.3 Å². The maximum absolute atomic E-state index is 13.1. The molecular formula is C24H25N5O6. The van der Waals surface area contributed by atoms with Gasteiger partial charge in [0.05, 0.1) is 33.3 Å². The topological polar surface area (TPSA) is 129 Å². The Balaban J connectivity index is 1.26. The lowest BCUT2D eigenvalue weighted by molar-refractivity contribution is 0.0700. The number of rotatable bonds is 7. The average Bonchev–Trinajstić information content (AvgIpc) is 3.69. The Morgan fingerprint density at radius 2 is 1.80 bits per heavy atom. The molecule has 1 aromatic carbocycles. The van der Waals surface area contributed by atoms with Crippen molar-refractivity contribution < 1.29 is 27.8 Å². The van der Waals surface area contributed by atoms with Crippen molar-refractivity contribution in [2.45, 2.75) is 18.8 Å². The molecule has 1 amide bonds. The highest BCUT2D eigenvalue weighted by Crippen LogP contribution is 2.41. The number of methoxy groups -OCH3 is 3. The summed E-state index contributed by atoms with van der Waals surface area (Å²) in [6, 6.07) is 8.85. The summed E-state index contributed by atoms with van der Waals surface area (Å²) in [4.78, 5) is 14.9.